The van der Waals surface area contributed by atoms with Gasteiger partial charge in [-0.25, -0.2) is 0 Å². The van der Waals surface area contributed by atoms with E-state index < -0.39 is 0 Å². The monoisotopic (exact) mass is 250 g/mol. The van der Waals surface area contributed by atoms with Crippen molar-refractivity contribution >= 4 is 5.91 Å². The lowest BCUT2D eigenvalue weighted by atomic mass is 9.74. The third kappa shape index (κ3) is 2.07. The van der Waals surface area contributed by atoms with Crippen LogP contribution in [0.4, 0.5) is 0 Å². The van der Waals surface area contributed by atoms with E-state index in [2.05, 4.69) is 11.8 Å². The van der Waals surface area contributed by atoms with Crippen LogP contribution >= 0.6 is 0 Å². The SMILES string of the molecule is CC1(N)CCCCC1C(=O)N1CC2CCCC2C1. The second-order valence-corrected chi connectivity index (χ2v) is 7.00. The number of hydrogen-bond donors (Lipinski definition) is 1. The minimum Gasteiger partial charge on any atom is -0.342 e. The molecule has 0 aromatic rings. The Morgan fingerprint density at radius 3 is 2.39 bits per heavy atom. The van der Waals surface area contributed by atoms with Gasteiger partial charge in [0.2, 0.25) is 5.91 Å². The molecule has 2 aliphatic carbocycles. The van der Waals surface area contributed by atoms with Crippen molar-refractivity contribution in [2.75, 3.05) is 13.1 Å². The molecule has 1 aliphatic heterocycles. The fourth-order valence-corrected chi connectivity index (χ4v) is 4.40. The van der Waals surface area contributed by atoms with Crippen LogP contribution < -0.4 is 5.73 Å². The van der Waals surface area contributed by atoms with Gasteiger partial charge in [0.1, 0.15) is 0 Å². The number of carbonyl (C=O) groups is 1. The fraction of sp³-hybridized carbons (Fsp3) is 0.933. The van der Waals surface area contributed by atoms with Crippen LogP contribution in [0.25, 0.3) is 0 Å². The molecule has 3 rings (SSSR count). The Labute approximate surface area is 110 Å². The molecule has 1 heterocycles. The average molecular weight is 250 g/mol. The van der Waals surface area contributed by atoms with Crippen molar-refractivity contribution in [3.8, 4) is 0 Å². The molecule has 0 aromatic carbocycles. The van der Waals surface area contributed by atoms with Crippen molar-refractivity contribution in [3.05, 3.63) is 0 Å². The number of amides is 1. The van der Waals surface area contributed by atoms with Crippen LogP contribution in [-0.4, -0.2) is 29.4 Å². The van der Waals surface area contributed by atoms with Crippen LogP contribution in [-0.2, 0) is 4.79 Å². The maximum absolute atomic E-state index is 12.7. The molecular formula is C15H26N2O. The highest BCUT2D eigenvalue weighted by atomic mass is 16.2. The van der Waals surface area contributed by atoms with Gasteiger partial charge in [-0.3, -0.25) is 4.79 Å². The van der Waals surface area contributed by atoms with Crippen molar-refractivity contribution in [1.29, 1.82) is 0 Å². The quantitative estimate of drug-likeness (QED) is 0.775. The van der Waals surface area contributed by atoms with Crippen LogP contribution in [0.2, 0.25) is 0 Å². The van der Waals surface area contributed by atoms with E-state index in [-0.39, 0.29) is 11.5 Å². The fourth-order valence-electron chi connectivity index (χ4n) is 4.40. The van der Waals surface area contributed by atoms with Gasteiger partial charge >= 0.3 is 0 Å². The Morgan fingerprint density at radius 1 is 1.11 bits per heavy atom. The normalized spacial score (nSPS) is 44.1. The minimum atomic E-state index is -0.271. The summed E-state index contributed by atoms with van der Waals surface area (Å²) >= 11 is 0. The number of hydrogen-bond acceptors (Lipinski definition) is 2. The van der Waals surface area contributed by atoms with Gasteiger partial charge in [-0.15, -0.1) is 0 Å². The Balaban J connectivity index is 1.67. The summed E-state index contributed by atoms with van der Waals surface area (Å²) in [5.41, 5.74) is 6.09. The van der Waals surface area contributed by atoms with Crippen molar-refractivity contribution in [2.45, 2.75) is 57.4 Å². The van der Waals surface area contributed by atoms with Crippen LogP contribution in [0.3, 0.4) is 0 Å². The smallest absolute Gasteiger partial charge is 0.227 e. The first-order chi connectivity index (χ1) is 8.58. The van der Waals surface area contributed by atoms with Crippen molar-refractivity contribution in [1.82, 2.24) is 4.90 Å². The average Bonchev–Trinajstić information content (AvgIpc) is 2.87. The van der Waals surface area contributed by atoms with Gasteiger partial charge in [0, 0.05) is 18.6 Å². The van der Waals surface area contributed by atoms with E-state index in [0.29, 0.717) is 5.91 Å². The Bertz CT molecular complexity index is 327. The molecule has 3 fully saturated rings. The highest BCUT2D eigenvalue weighted by Crippen LogP contribution is 2.40. The molecule has 1 saturated heterocycles. The largest absolute Gasteiger partial charge is 0.342 e. The number of likely N-dealkylation sites (tertiary alicyclic amines) is 1. The molecule has 0 bridgehead atoms. The summed E-state index contributed by atoms with van der Waals surface area (Å²) in [5.74, 6) is 2.02. The predicted octanol–water partition coefficient (Wildman–Crippen LogP) is 2.15. The molecule has 1 amide bonds. The zero-order valence-corrected chi connectivity index (χ0v) is 11.5. The zero-order chi connectivity index (χ0) is 12.8. The van der Waals surface area contributed by atoms with Crippen molar-refractivity contribution in [2.24, 2.45) is 23.5 Å². The second-order valence-electron chi connectivity index (χ2n) is 7.00. The number of rotatable bonds is 1. The summed E-state index contributed by atoms with van der Waals surface area (Å²) in [5, 5.41) is 0. The zero-order valence-electron chi connectivity index (χ0n) is 11.5. The first-order valence-electron chi connectivity index (χ1n) is 7.65. The molecule has 2 N–H and O–H groups in total. The lowest BCUT2D eigenvalue weighted by molar-refractivity contribution is -0.138. The van der Waals surface area contributed by atoms with Crippen molar-refractivity contribution < 1.29 is 4.79 Å². The number of nitrogens with zero attached hydrogens (tertiary/aromatic N) is 1. The molecule has 0 radical (unpaired) electrons. The van der Waals surface area contributed by atoms with Gasteiger partial charge in [0.25, 0.3) is 0 Å². The van der Waals surface area contributed by atoms with Gasteiger partial charge in [-0.1, -0.05) is 19.3 Å². The molecule has 4 unspecified atom stereocenters. The van der Waals surface area contributed by atoms with Gasteiger partial charge in [-0.2, -0.15) is 0 Å². The van der Waals surface area contributed by atoms with Crippen LogP contribution in [0.5, 0.6) is 0 Å². The van der Waals surface area contributed by atoms with E-state index in [1.54, 1.807) is 0 Å². The Hall–Kier alpha value is -0.570. The minimum absolute atomic E-state index is 0.0741. The first kappa shape index (κ1) is 12.5. The summed E-state index contributed by atoms with van der Waals surface area (Å²) < 4.78 is 0. The number of nitrogens with two attached hydrogens (primary N) is 1. The summed E-state index contributed by atoms with van der Waals surface area (Å²) in [4.78, 5) is 14.8. The first-order valence-corrected chi connectivity index (χ1v) is 7.65. The third-order valence-corrected chi connectivity index (χ3v) is 5.59. The highest BCUT2D eigenvalue weighted by molar-refractivity contribution is 5.80. The summed E-state index contributed by atoms with van der Waals surface area (Å²) in [6.07, 6.45) is 8.39. The molecular weight excluding hydrogens is 224 g/mol. The predicted molar refractivity (Wildman–Crippen MR) is 72.0 cm³/mol. The molecule has 3 nitrogen and oxygen atoms in total. The molecule has 18 heavy (non-hydrogen) atoms. The maximum Gasteiger partial charge on any atom is 0.227 e. The van der Waals surface area contributed by atoms with Crippen molar-refractivity contribution in [3.63, 3.8) is 0 Å². The second kappa shape index (κ2) is 4.52. The summed E-state index contributed by atoms with van der Waals surface area (Å²) in [6.45, 7) is 4.10. The van der Waals surface area contributed by atoms with Crippen LogP contribution in [0.15, 0.2) is 0 Å². The van der Waals surface area contributed by atoms with E-state index in [0.717, 1.165) is 37.8 Å². The Morgan fingerprint density at radius 2 is 1.78 bits per heavy atom. The molecule has 3 heteroatoms. The van der Waals surface area contributed by atoms with Gasteiger partial charge in [0.15, 0.2) is 0 Å². The van der Waals surface area contributed by atoms with E-state index in [1.807, 2.05) is 0 Å². The topological polar surface area (TPSA) is 46.3 Å². The third-order valence-electron chi connectivity index (χ3n) is 5.59. The standard InChI is InChI=1S/C15H26N2O/c1-15(16)8-3-2-7-13(15)14(18)17-9-11-5-4-6-12(11)10-17/h11-13H,2-10,16H2,1H3. The lowest BCUT2D eigenvalue weighted by Gasteiger charge is -2.39. The molecule has 102 valence electrons. The molecule has 2 saturated carbocycles. The summed E-state index contributed by atoms with van der Waals surface area (Å²) in [6, 6.07) is 0. The van der Waals surface area contributed by atoms with Gasteiger partial charge in [-0.05, 0) is 44.4 Å². The molecule has 0 aromatic heterocycles. The Kier molecular flexibility index (Phi) is 3.13. The van der Waals surface area contributed by atoms with Gasteiger partial charge < -0.3 is 10.6 Å². The van der Waals surface area contributed by atoms with Gasteiger partial charge in [0.05, 0.1) is 5.92 Å². The molecule has 3 aliphatic rings. The van der Waals surface area contributed by atoms with Crippen LogP contribution in [0.1, 0.15) is 51.9 Å². The van der Waals surface area contributed by atoms with E-state index in [9.17, 15) is 4.79 Å². The van der Waals surface area contributed by atoms with E-state index in [1.165, 1.54) is 32.1 Å². The molecule has 4 atom stereocenters. The van der Waals surface area contributed by atoms with E-state index >= 15 is 0 Å². The summed E-state index contributed by atoms with van der Waals surface area (Å²) in [7, 11) is 0. The van der Waals surface area contributed by atoms with Crippen LogP contribution in [0, 0.1) is 17.8 Å². The number of fused-ring (bicyclic) bond motifs is 1. The molecule has 0 spiro atoms. The van der Waals surface area contributed by atoms with E-state index in [4.69, 9.17) is 5.73 Å². The maximum atomic E-state index is 12.7. The highest BCUT2D eigenvalue weighted by Gasteiger charge is 2.44. The number of carbonyl (C=O) groups excluding carboxylic acids is 1. The lowest BCUT2D eigenvalue weighted by Crippen LogP contribution is -2.53.